The molecule has 0 unspecified atom stereocenters. The monoisotopic (exact) mass is 298 g/mol. The fourth-order valence-corrected chi connectivity index (χ4v) is 1.74. The van der Waals surface area contributed by atoms with Crippen molar-refractivity contribution in [2.45, 2.75) is 19.4 Å². The van der Waals surface area contributed by atoms with Crippen molar-refractivity contribution in [2.75, 3.05) is 33.5 Å². The number of aliphatic hydroxyl groups is 1. The van der Waals surface area contributed by atoms with Crippen LogP contribution in [0, 0.1) is 10.1 Å². The van der Waals surface area contributed by atoms with E-state index >= 15 is 0 Å². The van der Waals surface area contributed by atoms with Crippen LogP contribution in [0.25, 0.3) is 0 Å². The van der Waals surface area contributed by atoms with E-state index in [4.69, 9.17) is 14.6 Å². The normalized spacial score (nSPS) is 10.6. The second-order valence-electron chi connectivity index (χ2n) is 4.51. The van der Waals surface area contributed by atoms with Crippen LogP contribution in [-0.4, -0.2) is 43.5 Å². The summed E-state index contributed by atoms with van der Waals surface area (Å²) < 4.78 is 10.4. The molecule has 7 nitrogen and oxygen atoms in total. The zero-order valence-corrected chi connectivity index (χ0v) is 12.2. The Bertz CT molecular complexity index is 439. The van der Waals surface area contributed by atoms with Gasteiger partial charge in [-0.15, -0.1) is 0 Å². The van der Waals surface area contributed by atoms with Crippen LogP contribution in [0.1, 0.15) is 18.4 Å². The van der Waals surface area contributed by atoms with Crippen molar-refractivity contribution in [1.82, 2.24) is 5.32 Å². The molecule has 118 valence electrons. The topological polar surface area (TPSA) is 93.9 Å². The van der Waals surface area contributed by atoms with Crippen LogP contribution in [0.4, 0.5) is 5.69 Å². The number of hydrogen-bond donors (Lipinski definition) is 2. The Morgan fingerprint density at radius 3 is 2.81 bits per heavy atom. The van der Waals surface area contributed by atoms with E-state index in [2.05, 4.69) is 5.32 Å². The standard InChI is InChI=1S/C14H22N2O5/c1-20-9-6-15-11-12-4-5-13(16(18)19)14(10-12)21-8-3-2-7-17/h4-5,10,15,17H,2-3,6-9,11H2,1H3. The van der Waals surface area contributed by atoms with Crippen molar-refractivity contribution in [1.29, 1.82) is 0 Å². The van der Waals surface area contributed by atoms with Gasteiger partial charge in [0.05, 0.1) is 18.1 Å². The van der Waals surface area contributed by atoms with E-state index in [0.29, 0.717) is 39.1 Å². The summed E-state index contributed by atoms with van der Waals surface area (Å²) in [7, 11) is 1.63. The zero-order chi connectivity index (χ0) is 15.5. The van der Waals surface area contributed by atoms with Gasteiger partial charge in [0, 0.05) is 32.9 Å². The minimum atomic E-state index is -0.455. The smallest absolute Gasteiger partial charge is 0.310 e. The summed E-state index contributed by atoms with van der Waals surface area (Å²) in [5.74, 6) is 0.268. The fraction of sp³-hybridized carbons (Fsp3) is 0.571. The highest BCUT2D eigenvalue weighted by atomic mass is 16.6. The number of rotatable bonds is 11. The summed E-state index contributed by atoms with van der Waals surface area (Å²) in [5, 5.41) is 22.9. The third-order valence-corrected chi connectivity index (χ3v) is 2.84. The molecule has 7 heteroatoms. The van der Waals surface area contributed by atoms with Gasteiger partial charge < -0.3 is 19.9 Å². The van der Waals surface area contributed by atoms with Crippen LogP contribution >= 0.6 is 0 Å². The van der Waals surface area contributed by atoms with Crippen LogP contribution in [-0.2, 0) is 11.3 Å². The molecule has 1 aromatic carbocycles. The molecule has 0 aliphatic rings. The average molecular weight is 298 g/mol. The summed E-state index contributed by atoms with van der Waals surface area (Å²) in [6.45, 7) is 2.35. The number of benzene rings is 1. The van der Waals surface area contributed by atoms with E-state index in [1.807, 2.05) is 0 Å². The predicted molar refractivity (Wildman–Crippen MR) is 78.5 cm³/mol. The van der Waals surface area contributed by atoms with Crippen LogP contribution in [0.15, 0.2) is 18.2 Å². The van der Waals surface area contributed by atoms with E-state index < -0.39 is 4.92 Å². The first kappa shape index (κ1) is 17.4. The molecule has 0 aliphatic carbocycles. The van der Waals surface area contributed by atoms with Crippen molar-refractivity contribution < 1.29 is 19.5 Å². The molecular weight excluding hydrogens is 276 g/mol. The van der Waals surface area contributed by atoms with E-state index in [0.717, 1.165) is 5.56 Å². The molecule has 0 aliphatic heterocycles. The number of unbranched alkanes of at least 4 members (excludes halogenated alkanes) is 1. The number of nitro benzene ring substituents is 1. The molecule has 0 spiro atoms. The lowest BCUT2D eigenvalue weighted by Crippen LogP contribution is -2.18. The van der Waals surface area contributed by atoms with Gasteiger partial charge in [0.15, 0.2) is 5.75 Å². The first-order valence-electron chi connectivity index (χ1n) is 6.89. The Morgan fingerprint density at radius 2 is 2.14 bits per heavy atom. The molecule has 21 heavy (non-hydrogen) atoms. The maximum absolute atomic E-state index is 11.0. The van der Waals surface area contributed by atoms with Gasteiger partial charge in [-0.25, -0.2) is 0 Å². The van der Waals surface area contributed by atoms with E-state index in [1.54, 1.807) is 19.2 Å². The Labute approximate surface area is 124 Å². The number of ether oxygens (including phenoxy) is 2. The lowest BCUT2D eigenvalue weighted by atomic mass is 10.2. The Balaban J connectivity index is 2.64. The number of methoxy groups -OCH3 is 1. The van der Waals surface area contributed by atoms with Crippen molar-refractivity contribution in [2.24, 2.45) is 0 Å². The Hall–Kier alpha value is -1.70. The summed E-state index contributed by atoms with van der Waals surface area (Å²) in [6, 6.07) is 4.84. The quantitative estimate of drug-likeness (QED) is 0.365. The van der Waals surface area contributed by atoms with E-state index in [9.17, 15) is 10.1 Å². The van der Waals surface area contributed by atoms with Gasteiger partial charge in [0.1, 0.15) is 0 Å². The first-order chi connectivity index (χ1) is 10.2. The van der Waals surface area contributed by atoms with Gasteiger partial charge in [-0.2, -0.15) is 0 Å². The Kier molecular flexibility index (Phi) is 8.34. The first-order valence-corrected chi connectivity index (χ1v) is 6.89. The summed E-state index contributed by atoms with van der Waals surface area (Å²) in [4.78, 5) is 10.5. The second kappa shape index (κ2) is 10.1. The zero-order valence-electron chi connectivity index (χ0n) is 12.2. The van der Waals surface area contributed by atoms with Crippen LogP contribution in [0.5, 0.6) is 5.75 Å². The van der Waals surface area contributed by atoms with Crippen LogP contribution in [0.2, 0.25) is 0 Å². The predicted octanol–water partition coefficient (Wildman–Crippen LogP) is 1.48. The maximum Gasteiger partial charge on any atom is 0.310 e. The average Bonchev–Trinajstić information content (AvgIpc) is 2.48. The molecule has 1 aromatic rings. The molecular formula is C14H22N2O5. The number of aliphatic hydroxyl groups excluding tert-OH is 1. The molecule has 0 fully saturated rings. The van der Waals surface area contributed by atoms with Gasteiger partial charge >= 0.3 is 5.69 Å². The lowest BCUT2D eigenvalue weighted by Gasteiger charge is -2.09. The summed E-state index contributed by atoms with van der Waals surface area (Å²) >= 11 is 0. The van der Waals surface area contributed by atoms with Gasteiger partial charge in [0.2, 0.25) is 0 Å². The number of hydrogen-bond acceptors (Lipinski definition) is 6. The van der Waals surface area contributed by atoms with Gasteiger partial charge in [-0.05, 0) is 24.5 Å². The van der Waals surface area contributed by atoms with Gasteiger partial charge in [0.25, 0.3) is 0 Å². The minimum absolute atomic E-state index is 0.0420. The van der Waals surface area contributed by atoms with E-state index in [-0.39, 0.29) is 18.0 Å². The minimum Gasteiger partial charge on any atom is -0.487 e. The molecule has 1 rings (SSSR count). The molecule has 0 atom stereocenters. The van der Waals surface area contributed by atoms with Crippen LogP contribution < -0.4 is 10.1 Å². The Morgan fingerprint density at radius 1 is 1.33 bits per heavy atom. The molecule has 2 N–H and O–H groups in total. The molecule has 0 bridgehead atoms. The third-order valence-electron chi connectivity index (χ3n) is 2.84. The molecule has 0 heterocycles. The number of nitrogens with zero attached hydrogens (tertiary/aromatic N) is 1. The molecule has 0 saturated carbocycles. The highest BCUT2D eigenvalue weighted by molar-refractivity contribution is 5.48. The van der Waals surface area contributed by atoms with Crippen LogP contribution in [0.3, 0.4) is 0 Å². The summed E-state index contributed by atoms with van der Waals surface area (Å²) in [6.07, 6.45) is 1.27. The number of nitrogens with one attached hydrogen (secondary N) is 1. The molecule has 0 radical (unpaired) electrons. The lowest BCUT2D eigenvalue weighted by molar-refractivity contribution is -0.385. The maximum atomic E-state index is 11.0. The van der Waals surface area contributed by atoms with Crippen molar-refractivity contribution in [3.05, 3.63) is 33.9 Å². The summed E-state index contributed by atoms with van der Waals surface area (Å²) in [5.41, 5.74) is 0.869. The SMILES string of the molecule is COCCNCc1ccc([N+](=O)[O-])c(OCCCCO)c1. The van der Waals surface area contributed by atoms with E-state index in [1.165, 1.54) is 6.07 Å². The largest absolute Gasteiger partial charge is 0.487 e. The molecule has 0 amide bonds. The molecule has 0 saturated heterocycles. The van der Waals surface area contributed by atoms with Gasteiger partial charge in [-0.1, -0.05) is 6.07 Å². The highest BCUT2D eigenvalue weighted by Gasteiger charge is 2.15. The molecule has 0 aromatic heterocycles. The third kappa shape index (κ3) is 6.52. The van der Waals surface area contributed by atoms with Gasteiger partial charge in [-0.3, -0.25) is 10.1 Å². The van der Waals surface area contributed by atoms with Crippen molar-refractivity contribution in [3.63, 3.8) is 0 Å². The second-order valence-corrected chi connectivity index (χ2v) is 4.51. The fourth-order valence-electron chi connectivity index (χ4n) is 1.74. The van der Waals surface area contributed by atoms with Crippen molar-refractivity contribution >= 4 is 5.69 Å². The van der Waals surface area contributed by atoms with Crippen molar-refractivity contribution in [3.8, 4) is 5.75 Å². The highest BCUT2D eigenvalue weighted by Crippen LogP contribution is 2.28. The number of nitro groups is 1.